The first-order valence-corrected chi connectivity index (χ1v) is 13.0. The monoisotopic (exact) mass is 560 g/mol. The number of hydrogen-bond acceptors (Lipinski definition) is 11. The Morgan fingerprint density at radius 2 is 1.18 bits per heavy atom. The lowest BCUT2D eigenvalue weighted by molar-refractivity contribution is -0.142. The number of benzene rings is 2. The molecule has 0 radical (unpaired) electrons. The number of cyclic esters (lactones) is 1. The van der Waals surface area contributed by atoms with Gasteiger partial charge in [0.1, 0.15) is 0 Å². The van der Waals surface area contributed by atoms with E-state index < -0.39 is 0 Å². The zero-order valence-electron chi connectivity index (χ0n) is 22.7. The smallest absolute Gasteiger partial charge is 0.305 e. The number of aliphatic hydroxyl groups is 4. The summed E-state index contributed by atoms with van der Waals surface area (Å²) in [5.74, 6) is -0.0255. The second-order valence-corrected chi connectivity index (χ2v) is 8.16. The number of hydrogen-bond donors (Lipinski definition) is 4. The van der Waals surface area contributed by atoms with Crippen molar-refractivity contribution in [3.63, 3.8) is 0 Å². The van der Waals surface area contributed by atoms with Gasteiger partial charge in [-0.2, -0.15) is 9.98 Å². The molecule has 4 N–H and O–H groups in total. The molecule has 40 heavy (non-hydrogen) atoms. The minimum atomic E-state index is -0.0255. The summed E-state index contributed by atoms with van der Waals surface area (Å²) in [6, 6.07) is 14.7. The zero-order valence-corrected chi connectivity index (χ0v) is 22.7. The van der Waals surface area contributed by atoms with Crippen LogP contribution in [-0.2, 0) is 30.3 Å². The van der Waals surface area contributed by atoms with Crippen LogP contribution in [0.1, 0.15) is 49.7 Å². The lowest BCUT2D eigenvalue weighted by Gasteiger charge is -2.02. The van der Waals surface area contributed by atoms with Crippen molar-refractivity contribution < 1.29 is 44.3 Å². The minimum Gasteiger partial charge on any atom is -0.466 e. The van der Waals surface area contributed by atoms with Crippen molar-refractivity contribution in [3.8, 4) is 0 Å². The molecule has 1 aliphatic heterocycles. The van der Waals surface area contributed by atoms with Crippen LogP contribution in [0.4, 0.5) is 11.4 Å². The lowest BCUT2D eigenvalue weighted by Crippen LogP contribution is -2.03. The van der Waals surface area contributed by atoms with Gasteiger partial charge in [-0.15, -0.1) is 0 Å². The van der Waals surface area contributed by atoms with Gasteiger partial charge in [0, 0.05) is 19.6 Å². The highest BCUT2D eigenvalue weighted by Gasteiger charge is 2.05. The molecule has 11 heteroatoms. The molecule has 1 fully saturated rings. The number of aliphatic hydroxyl groups excluding tert-OH is 4. The van der Waals surface area contributed by atoms with Gasteiger partial charge in [-0.25, -0.2) is 9.59 Å². The van der Waals surface area contributed by atoms with Gasteiger partial charge >= 0.3 is 5.97 Å². The summed E-state index contributed by atoms with van der Waals surface area (Å²) < 4.78 is 9.40. The maximum absolute atomic E-state index is 10.5. The van der Waals surface area contributed by atoms with E-state index in [1.165, 1.54) is 12.2 Å². The molecule has 0 amide bonds. The number of ether oxygens (including phenoxy) is 2. The van der Waals surface area contributed by atoms with Crippen LogP contribution in [0.3, 0.4) is 0 Å². The number of isocyanates is 2. The Balaban J connectivity index is 0.000000597. The van der Waals surface area contributed by atoms with E-state index in [2.05, 4.69) is 14.7 Å². The molecule has 2 aromatic carbocycles. The van der Waals surface area contributed by atoms with Crippen LogP contribution in [0.2, 0.25) is 0 Å². The van der Waals surface area contributed by atoms with Crippen LogP contribution in [0.15, 0.2) is 58.5 Å². The Morgan fingerprint density at radius 1 is 0.700 bits per heavy atom. The summed E-state index contributed by atoms with van der Waals surface area (Å²) in [4.78, 5) is 37.7. The molecule has 0 aromatic heterocycles. The van der Waals surface area contributed by atoms with Crippen molar-refractivity contribution in [2.45, 2.75) is 44.9 Å². The fraction of sp³-hybridized carbons (Fsp3) is 0.483. The van der Waals surface area contributed by atoms with Crippen molar-refractivity contribution in [3.05, 3.63) is 59.7 Å². The molecule has 1 saturated heterocycles. The van der Waals surface area contributed by atoms with Crippen molar-refractivity contribution in [1.29, 1.82) is 0 Å². The predicted molar refractivity (Wildman–Crippen MR) is 149 cm³/mol. The molecule has 0 spiro atoms. The number of carbonyl (C=O) groups excluding carboxylic acids is 3. The molecule has 3 rings (SSSR count). The first-order valence-electron chi connectivity index (χ1n) is 13.0. The summed E-state index contributed by atoms with van der Waals surface area (Å²) in [5, 5.41) is 32.3. The summed E-state index contributed by atoms with van der Waals surface area (Å²) in [6.07, 6.45) is 9.04. The molecular formula is C29H40N2O9. The molecule has 11 nitrogen and oxygen atoms in total. The highest BCUT2D eigenvalue weighted by atomic mass is 16.5. The Hall–Kier alpha value is -3.53. The van der Waals surface area contributed by atoms with E-state index in [1.807, 2.05) is 24.3 Å². The highest BCUT2D eigenvalue weighted by Crippen LogP contribution is 2.17. The molecule has 0 aliphatic carbocycles. The Kier molecular flexibility index (Phi) is 24.7. The molecule has 0 bridgehead atoms. The number of nitrogens with zero attached hydrogens (tertiary/aromatic N) is 2. The van der Waals surface area contributed by atoms with Crippen molar-refractivity contribution in [2.75, 3.05) is 46.2 Å². The van der Waals surface area contributed by atoms with Gasteiger partial charge < -0.3 is 29.9 Å². The third-order valence-corrected chi connectivity index (χ3v) is 4.96. The van der Waals surface area contributed by atoms with E-state index >= 15 is 0 Å². The molecule has 2 aromatic rings. The van der Waals surface area contributed by atoms with Crippen LogP contribution in [0.25, 0.3) is 0 Å². The largest absolute Gasteiger partial charge is 0.466 e. The van der Waals surface area contributed by atoms with E-state index in [1.54, 1.807) is 24.3 Å². The van der Waals surface area contributed by atoms with Crippen LogP contribution in [-0.4, -0.2) is 84.8 Å². The van der Waals surface area contributed by atoms with Gasteiger partial charge in [0.15, 0.2) is 0 Å². The standard InChI is InChI=1S/C15H10N2O2.C6H10O2.C4H10O3.C4H10O2/c18-10-16-14-5-1-12(2-6-14)9-13-3-7-15(8-4-13)17-11-19;7-6-4-2-1-3-5-8-6;5-1-3-7-4-2-6;5-3-1-2-4-6/h1-8H,9H2;1-5H2;5-6H,1-4H2;5-6H,1-4H2. The van der Waals surface area contributed by atoms with Crippen molar-refractivity contribution >= 4 is 29.5 Å². The summed E-state index contributed by atoms with van der Waals surface area (Å²) in [5.41, 5.74) is 3.40. The number of aliphatic imine (C=N–C) groups is 2. The number of carbonyl (C=O) groups is 1. The van der Waals surface area contributed by atoms with Crippen LogP contribution >= 0.6 is 0 Å². The first kappa shape index (κ1) is 36.5. The number of unbranched alkanes of at least 4 members (excludes halogenated alkanes) is 1. The summed E-state index contributed by atoms with van der Waals surface area (Å²) in [7, 11) is 0. The molecule has 1 heterocycles. The van der Waals surface area contributed by atoms with E-state index in [0.29, 0.717) is 37.6 Å². The van der Waals surface area contributed by atoms with E-state index in [0.717, 1.165) is 49.7 Å². The second-order valence-electron chi connectivity index (χ2n) is 8.16. The lowest BCUT2D eigenvalue weighted by atomic mass is 10.0. The number of rotatable bonds is 11. The Bertz CT molecular complexity index is 908. The topological polar surface area (TPSA) is 175 Å². The molecular weight excluding hydrogens is 520 g/mol. The quantitative estimate of drug-likeness (QED) is 0.139. The molecule has 0 saturated carbocycles. The molecule has 0 unspecified atom stereocenters. The van der Waals surface area contributed by atoms with Crippen LogP contribution in [0.5, 0.6) is 0 Å². The minimum absolute atomic E-state index is 0.0255. The van der Waals surface area contributed by atoms with Gasteiger partial charge in [-0.1, -0.05) is 24.3 Å². The first-order chi connectivity index (χ1) is 19.5. The second kappa shape index (κ2) is 27.1. The fourth-order valence-electron chi connectivity index (χ4n) is 2.98. The maximum atomic E-state index is 10.5. The van der Waals surface area contributed by atoms with Crippen LogP contribution in [0, 0.1) is 0 Å². The Labute approximate surface area is 234 Å². The molecule has 220 valence electrons. The van der Waals surface area contributed by atoms with Crippen molar-refractivity contribution in [2.24, 2.45) is 9.98 Å². The summed E-state index contributed by atoms with van der Waals surface area (Å²) in [6.45, 7) is 1.72. The van der Waals surface area contributed by atoms with E-state index in [-0.39, 0.29) is 32.4 Å². The van der Waals surface area contributed by atoms with Gasteiger partial charge in [0.05, 0.1) is 44.4 Å². The SMILES string of the molecule is O=C1CCCCCO1.O=C=Nc1ccc(Cc2ccc(N=C=O)cc2)cc1.OCCCCO.OCCOCCO. The van der Waals surface area contributed by atoms with Gasteiger partial charge in [-0.3, -0.25) is 4.79 Å². The normalized spacial score (nSPS) is 11.8. The van der Waals surface area contributed by atoms with Gasteiger partial charge in [0.2, 0.25) is 12.2 Å². The average molecular weight is 561 g/mol. The number of esters is 1. The van der Waals surface area contributed by atoms with E-state index in [4.69, 9.17) is 25.2 Å². The third-order valence-electron chi connectivity index (χ3n) is 4.96. The van der Waals surface area contributed by atoms with E-state index in [9.17, 15) is 14.4 Å². The zero-order chi connectivity index (χ0) is 29.7. The Morgan fingerprint density at radius 3 is 1.57 bits per heavy atom. The molecule has 0 atom stereocenters. The van der Waals surface area contributed by atoms with Crippen LogP contribution < -0.4 is 0 Å². The third kappa shape index (κ3) is 21.4. The fourth-order valence-corrected chi connectivity index (χ4v) is 2.98. The molecule has 1 aliphatic rings. The highest BCUT2D eigenvalue weighted by molar-refractivity contribution is 5.69. The van der Waals surface area contributed by atoms with Crippen molar-refractivity contribution in [1.82, 2.24) is 0 Å². The maximum Gasteiger partial charge on any atom is 0.305 e. The van der Waals surface area contributed by atoms with Gasteiger partial charge in [-0.05, 0) is 73.9 Å². The summed E-state index contributed by atoms with van der Waals surface area (Å²) >= 11 is 0. The van der Waals surface area contributed by atoms with Gasteiger partial charge in [0.25, 0.3) is 0 Å². The average Bonchev–Trinajstić information content (AvgIpc) is 3.23. The predicted octanol–water partition coefficient (Wildman–Crippen LogP) is 3.05.